The summed E-state index contributed by atoms with van der Waals surface area (Å²) in [4.78, 5) is 41.7. The Balaban J connectivity index is 1.67. The van der Waals surface area contributed by atoms with Crippen molar-refractivity contribution >= 4 is 35.1 Å². The summed E-state index contributed by atoms with van der Waals surface area (Å²) in [7, 11) is 0. The predicted octanol–water partition coefficient (Wildman–Crippen LogP) is 2.69. The number of aliphatic hydroxyl groups is 1. The average Bonchev–Trinajstić information content (AvgIpc) is 3.41. The number of carbonyl (C=O) groups excluding carboxylic acids is 3. The number of halogens is 1. The summed E-state index contributed by atoms with van der Waals surface area (Å²) >= 11 is 6.34. The maximum absolute atomic E-state index is 13.7. The Morgan fingerprint density at radius 3 is 2.82 bits per heavy atom. The molecule has 3 aliphatic rings. The lowest BCUT2D eigenvalue weighted by Gasteiger charge is -2.33. The lowest BCUT2D eigenvalue weighted by atomic mass is 9.70. The minimum atomic E-state index is -1.06. The minimum Gasteiger partial charge on any atom is -0.466 e. The fourth-order valence-electron chi connectivity index (χ4n) is 5.75. The van der Waals surface area contributed by atoms with Crippen molar-refractivity contribution in [2.75, 3.05) is 25.1 Å². The summed E-state index contributed by atoms with van der Waals surface area (Å²) in [6.45, 7) is 4.22. The molecule has 3 heterocycles. The molecule has 5 atom stereocenters. The molecule has 0 saturated carbocycles. The fourth-order valence-corrected chi connectivity index (χ4v) is 6.02. The molecule has 2 N–H and O–H groups in total. The molecule has 2 unspecified atom stereocenters. The third-order valence-corrected chi connectivity index (χ3v) is 7.45. The van der Waals surface area contributed by atoms with Crippen LogP contribution in [0, 0.1) is 18.8 Å². The van der Waals surface area contributed by atoms with E-state index in [9.17, 15) is 14.4 Å². The molecule has 8 nitrogen and oxygen atoms in total. The van der Waals surface area contributed by atoms with Crippen LogP contribution in [0.3, 0.4) is 0 Å². The van der Waals surface area contributed by atoms with Crippen LogP contribution in [-0.4, -0.2) is 65.3 Å². The number of para-hydroxylation sites is 1. The van der Waals surface area contributed by atoms with E-state index in [0.29, 0.717) is 42.9 Å². The number of rotatable bonds is 9. The van der Waals surface area contributed by atoms with Gasteiger partial charge >= 0.3 is 5.97 Å². The van der Waals surface area contributed by atoms with E-state index in [4.69, 9.17) is 26.2 Å². The van der Waals surface area contributed by atoms with Crippen LogP contribution in [0.2, 0.25) is 5.02 Å². The lowest BCUT2D eigenvalue weighted by molar-refractivity contribution is -0.154. The average molecular weight is 479 g/mol. The van der Waals surface area contributed by atoms with Crippen molar-refractivity contribution in [2.45, 2.75) is 63.7 Å². The van der Waals surface area contributed by atoms with Crippen LogP contribution in [0.15, 0.2) is 18.2 Å². The second-order valence-electron chi connectivity index (χ2n) is 9.04. The minimum absolute atomic E-state index is 0.0753. The van der Waals surface area contributed by atoms with Gasteiger partial charge in [-0.1, -0.05) is 23.7 Å². The van der Waals surface area contributed by atoms with Gasteiger partial charge in [0, 0.05) is 13.2 Å². The number of hydrogen-bond donors (Lipinski definition) is 2. The van der Waals surface area contributed by atoms with Gasteiger partial charge in [-0.3, -0.25) is 14.4 Å². The van der Waals surface area contributed by atoms with E-state index in [1.54, 1.807) is 24.0 Å². The number of anilines is 1. The normalized spacial score (nSPS) is 29.9. The van der Waals surface area contributed by atoms with Crippen LogP contribution in [-0.2, 0) is 23.9 Å². The van der Waals surface area contributed by atoms with Crippen molar-refractivity contribution in [3.05, 3.63) is 28.8 Å². The van der Waals surface area contributed by atoms with Gasteiger partial charge in [-0.2, -0.15) is 0 Å². The topological polar surface area (TPSA) is 105 Å². The van der Waals surface area contributed by atoms with E-state index >= 15 is 0 Å². The molecule has 0 radical (unpaired) electrons. The molecule has 3 fully saturated rings. The van der Waals surface area contributed by atoms with Gasteiger partial charge in [0.15, 0.2) is 0 Å². The van der Waals surface area contributed by atoms with Crippen molar-refractivity contribution in [2.24, 2.45) is 11.8 Å². The van der Waals surface area contributed by atoms with Crippen LogP contribution >= 0.6 is 11.6 Å². The van der Waals surface area contributed by atoms with Crippen molar-refractivity contribution in [3.8, 4) is 0 Å². The first-order chi connectivity index (χ1) is 15.9. The van der Waals surface area contributed by atoms with Gasteiger partial charge in [-0.25, -0.2) is 0 Å². The molecule has 33 heavy (non-hydrogen) atoms. The summed E-state index contributed by atoms with van der Waals surface area (Å²) in [6, 6.07) is 4.49. The molecule has 180 valence electrons. The van der Waals surface area contributed by atoms with Crippen LogP contribution in [0.4, 0.5) is 5.69 Å². The number of amides is 2. The zero-order valence-electron chi connectivity index (χ0n) is 19.0. The van der Waals surface area contributed by atoms with E-state index in [1.807, 2.05) is 13.0 Å². The molecule has 2 amide bonds. The summed E-state index contributed by atoms with van der Waals surface area (Å²) in [5.41, 5.74) is 0.256. The Bertz CT molecular complexity index is 919. The molecule has 3 aliphatic heterocycles. The number of aliphatic hydroxyl groups excluding tert-OH is 1. The largest absolute Gasteiger partial charge is 0.466 e. The monoisotopic (exact) mass is 478 g/mol. The van der Waals surface area contributed by atoms with Gasteiger partial charge in [-0.05, 0) is 57.6 Å². The highest BCUT2D eigenvalue weighted by Crippen LogP contribution is 2.58. The molecule has 0 aliphatic carbocycles. The second kappa shape index (κ2) is 9.60. The Morgan fingerprint density at radius 2 is 2.12 bits per heavy atom. The first-order valence-corrected chi connectivity index (χ1v) is 12.0. The van der Waals surface area contributed by atoms with Gasteiger partial charge < -0.3 is 24.8 Å². The van der Waals surface area contributed by atoms with Gasteiger partial charge in [0.1, 0.15) is 11.6 Å². The molecular formula is C24H31ClN2O6. The number of nitrogens with one attached hydrogen (secondary N) is 1. The zero-order valence-corrected chi connectivity index (χ0v) is 19.8. The summed E-state index contributed by atoms with van der Waals surface area (Å²) in [5.74, 6) is -2.49. The fraction of sp³-hybridized carbons (Fsp3) is 0.625. The molecule has 2 bridgehead atoms. The first kappa shape index (κ1) is 24.0. The number of aryl methyl sites for hydroxylation is 1. The number of ether oxygens (including phenoxy) is 2. The number of hydrogen-bond acceptors (Lipinski definition) is 6. The first-order valence-electron chi connectivity index (χ1n) is 11.7. The Hall–Kier alpha value is -2.16. The smallest absolute Gasteiger partial charge is 0.312 e. The van der Waals surface area contributed by atoms with E-state index in [1.165, 1.54) is 0 Å². The van der Waals surface area contributed by atoms with E-state index in [-0.39, 0.29) is 25.0 Å². The highest BCUT2D eigenvalue weighted by Gasteiger charge is 2.74. The van der Waals surface area contributed by atoms with Crippen LogP contribution in [0.1, 0.15) is 44.6 Å². The number of fused-ring (bicyclic) bond motifs is 1. The van der Waals surface area contributed by atoms with Gasteiger partial charge in [-0.15, -0.1) is 0 Å². The molecule has 1 aromatic carbocycles. The summed E-state index contributed by atoms with van der Waals surface area (Å²) < 4.78 is 11.6. The number of nitrogens with zero attached hydrogens (tertiary/aromatic N) is 1. The maximum Gasteiger partial charge on any atom is 0.312 e. The third kappa shape index (κ3) is 4.02. The SMILES string of the molecule is CCOC(=O)[C@@H]1[C@@H]2CCC3(O2)C(C(=O)Nc2c(C)cccc2Cl)N(CCCCCO)C(=O)[C@H]13. The van der Waals surface area contributed by atoms with Crippen molar-refractivity contribution in [1.29, 1.82) is 0 Å². The summed E-state index contributed by atoms with van der Waals surface area (Å²) in [5, 5.41) is 12.4. The van der Waals surface area contributed by atoms with Crippen LogP contribution in [0.25, 0.3) is 0 Å². The summed E-state index contributed by atoms with van der Waals surface area (Å²) in [6.07, 6.45) is 2.68. The highest BCUT2D eigenvalue weighted by atomic mass is 35.5. The number of carbonyl (C=O) groups is 3. The maximum atomic E-state index is 13.7. The highest BCUT2D eigenvalue weighted by molar-refractivity contribution is 6.34. The van der Waals surface area contributed by atoms with Gasteiger partial charge in [0.25, 0.3) is 0 Å². The Kier molecular flexibility index (Phi) is 6.98. The number of esters is 1. The lowest BCUT2D eigenvalue weighted by Crippen LogP contribution is -2.53. The van der Waals surface area contributed by atoms with Crippen LogP contribution in [0.5, 0.6) is 0 Å². The van der Waals surface area contributed by atoms with Crippen LogP contribution < -0.4 is 5.32 Å². The van der Waals surface area contributed by atoms with E-state index in [2.05, 4.69) is 5.32 Å². The van der Waals surface area contributed by atoms with Crippen molar-refractivity contribution in [3.63, 3.8) is 0 Å². The molecule has 0 aromatic heterocycles. The molecule has 1 aromatic rings. The van der Waals surface area contributed by atoms with Crippen molar-refractivity contribution in [1.82, 2.24) is 4.90 Å². The molecule has 3 saturated heterocycles. The molecule has 1 spiro atoms. The Labute approximate surface area is 198 Å². The quantitative estimate of drug-likeness (QED) is 0.417. The predicted molar refractivity (Wildman–Crippen MR) is 122 cm³/mol. The Morgan fingerprint density at radius 1 is 1.33 bits per heavy atom. The molecular weight excluding hydrogens is 448 g/mol. The third-order valence-electron chi connectivity index (χ3n) is 7.13. The van der Waals surface area contributed by atoms with E-state index < -0.39 is 35.6 Å². The van der Waals surface area contributed by atoms with Crippen molar-refractivity contribution < 1.29 is 29.0 Å². The van der Waals surface area contributed by atoms with E-state index in [0.717, 1.165) is 12.0 Å². The van der Waals surface area contributed by atoms with Gasteiger partial charge in [0.2, 0.25) is 11.8 Å². The van der Waals surface area contributed by atoms with Gasteiger partial charge in [0.05, 0.1) is 35.3 Å². The second-order valence-corrected chi connectivity index (χ2v) is 9.45. The standard InChI is InChI=1S/C24H31ClN2O6/c1-3-32-23(31)17-16-10-11-24(33-16)18(17)22(30)27(12-5-4-6-13-28)20(24)21(29)26-19-14(2)8-7-9-15(19)25/h7-9,16-18,20,28H,3-6,10-13H2,1-2H3,(H,26,29)/t16-,17+,18-,20?,24?/m0/s1. The number of unbranched alkanes of at least 4 members (excludes halogenated alkanes) is 2. The number of benzene rings is 1. The molecule has 9 heteroatoms. The number of likely N-dealkylation sites (tertiary alicyclic amines) is 1. The zero-order chi connectivity index (χ0) is 23.8. The molecule has 4 rings (SSSR count).